The molecule has 0 aliphatic carbocycles. The SMILES string of the molecule is c1ccc(-c2ccc(-c3c4ccccc4c(-c4ccc(-c5ccccc5)cc4)c4cc5c(ccc6ccccc65)cc34)cc2)cc1. The molecule has 0 aliphatic heterocycles. The summed E-state index contributed by atoms with van der Waals surface area (Å²) in [6.07, 6.45) is 0. The van der Waals surface area contributed by atoms with Crippen LogP contribution in [0.3, 0.4) is 0 Å². The fourth-order valence-electron chi connectivity index (χ4n) is 7.22. The van der Waals surface area contributed by atoms with E-state index in [0.29, 0.717) is 0 Å². The Morgan fingerprint density at radius 3 is 1.13 bits per heavy atom. The molecular weight excluding hydrogens is 553 g/mol. The summed E-state index contributed by atoms with van der Waals surface area (Å²) >= 11 is 0. The predicted molar refractivity (Wildman–Crippen MR) is 198 cm³/mol. The Morgan fingerprint density at radius 2 is 0.587 bits per heavy atom. The molecule has 0 saturated heterocycles. The van der Waals surface area contributed by atoms with Gasteiger partial charge in [-0.2, -0.15) is 0 Å². The van der Waals surface area contributed by atoms with Gasteiger partial charge in [0.15, 0.2) is 0 Å². The Morgan fingerprint density at radius 1 is 0.196 bits per heavy atom. The van der Waals surface area contributed by atoms with Crippen molar-refractivity contribution in [2.75, 3.05) is 0 Å². The molecule has 0 unspecified atom stereocenters. The van der Waals surface area contributed by atoms with Crippen molar-refractivity contribution < 1.29 is 0 Å². The first-order valence-electron chi connectivity index (χ1n) is 15.9. The minimum atomic E-state index is 1.23. The van der Waals surface area contributed by atoms with Crippen LogP contribution in [0.25, 0.3) is 87.6 Å². The third kappa shape index (κ3) is 4.38. The van der Waals surface area contributed by atoms with Gasteiger partial charge in [-0.25, -0.2) is 0 Å². The van der Waals surface area contributed by atoms with Crippen LogP contribution >= 0.6 is 0 Å². The van der Waals surface area contributed by atoms with Crippen LogP contribution in [0.5, 0.6) is 0 Å². The summed E-state index contributed by atoms with van der Waals surface area (Å²) in [6, 6.07) is 66.5. The number of benzene rings is 9. The second-order valence-corrected chi connectivity index (χ2v) is 12.1. The van der Waals surface area contributed by atoms with Gasteiger partial charge in [0, 0.05) is 0 Å². The average molecular weight is 583 g/mol. The molecule has 0 saturated carbocycles. The van der Waals surface area contributed by atoms with Gasteiger partial charge in [-0.15, -0.1) is 0 Å². The molecule has 0 fully saturated rings. The molecule has 0 aliphatic rings. The molecule has 0 heterocycles. The highest BCUT2D eigenvalue weighted by molar-refractivity contribution is 6.25. The van der Waals surface area contributed by atoms with Crippen LogP contribution in [-0.4, -0.2) is 0 Å². The molecule has 0 atom stereocenters. The molecular formula is C46H30. The summed E-state index contributed by atoms with van der Waals surface area (Å²) in [4.78, 5) is 0. The van der Waals surface area contributed by atoms with Crippen molar-refractivity contribution >= 4 is 43.1 Å². The highest BCUT2D eigenvalue weighted by Gasteiger charge is 2.18. The van der Waals surface area contributed by atoms with Crippen molar-refractivity contribution in [3.8, 4) is 44.5 Å². The lowest BCUT2D eigenvalue weighted by molar-refractivity contribution is 1.60. The number of hydrogen-bond donors (Lipinski definition) is 0. The van der Waals surface area contributed by atoms with Crippen LogP contribution in [0.2, 0.25) is 0 Å². The summed E-state index contributed by atoms with van der Waals surface area (Å²) in [5.74, 6) is 0. The Bertz CT molecular complexity index is 2520. The summed E-state index contributed by atoms with van der Waals surface area (Å²) < 4.78 is 0. The zero-order chi connectivity index (χ0) is 30.5. The predicted octanol–water partition coefficient (Wildman–Crippen LogP) is 13.0. The van der Waals surface area contributed by atoms with Crippen LogP contribution in [0.4, 0.5) is 0 Å². The number of fused-ring (bicyclic) bond motifs is 5. The van der Waals surface area contributed by atoms with E-state index in [1.165, 1.54) is 87.6 Å². The average Bonchev–Trinajstić information content (AvgIpc) is 3.14. The third-order valence-corrected chi connectivity index (χ3v) is 9.45. The molecule has 9 rings (SSSR count). The van der Waals surface area contributed by atoms with Crippen LogP contribution < -0.4 is 0 Å². The van der Waals surface area contributed by atoms with Crippen LogP contribution in [-0.2, 0) is 0 Å². The quantitative estimate of drug-likeness (QED) is 0.143. The molecule has 9 aromatic rings. The van der Waals surface area contributed by atoms with Crippen molar-refractivity contribution in [1.29, 1.82) is 0 Å². The number of hydrogen-bond acceptors (Lipinski definition) is 0. The maximum absolute atomic E-state index is 2.45. The van der Waals surface area contributed by atoms with Gasteiger partial charge < -0.3 is 0 Å². The highest BCUT2D eigenvalue weighted by atomic mass is 14.2. The van der Waals surface area contributed by atoms with Gasteiger partial charge in [0.2, 0.25) is 0 Å². The van der Waals surface area contributed by atoms with Crippen molar-refractivity contribution in [1.82, 2.24) is 0 Å². The molecule has 0 aromatic heterocycles. The summed E-state index contributed by atoms with van der Waals surface area (Å²) in [5.41, 5.74) is 9.94. The lowest BCUT2D eigenvalue weighted by atomic mass is 9.84. The van der Waals surface area contributed by atoms with Crippen molar-refractivity contribution in [2.24, 2.45) is 0 Å². The zero-order valence-electron chi connectivity index (χ0n) is 25.3. The molecule has 214 valence electrons. The Labute approximate surface area is 268 Å². The fraction of sp³-hybridized carbons (Fsp3) is 0. The third-order valence-electron chi connectivity index (χ3n) is 9.45. The lowest BCUT2D eigenvalue weighted by Crippen LogP contribution is -1.92. The molecule has 0 nitrogen and oxygen atoms in total. The maximum Gasteiger partial charge on any atom is -0.00261 e. The van der Waals surface area contributed by atoms with E-state index in [-0.39, 0.29) is 0 Å². The van der Waals surface area contributed by atoms with E-state index in [1.54, 1.807) is 0 Å². The minimum absolute atomic E-state index is 1.23. The number of rotatable bonds is 4. The van der Waals surface area contributed by atoms with E-state index in [9.17, 15) is 0 Å². The van der Waals surface area contributed by atoms with Crippen LogP contribution in [0, 0.1) is 0 Å². The Kier molecular flexibility index (Phi) is 6.25. The van der Waals surface area contributed by atoms with E-state index in [0.717, 1.165) is 0 Å². The molecule has 0 spiro atoms. The zero-order valence-corrected chi connectivity index (χ0v) is 25.3. The fourth-order valence-corrected chi connectivity index (χ4v) is 7.22. The Hall–Kier alpha value is -5.98. The van der Waals surface area contributed by atoms with Crippen molar-refractivity contribution in [3.05, 3.63) is 182 Å². The smallest absolute Gasteiger partial charge is 0.00261 e. The van der Waals surface area contributed by atoms with E-state index in [2.05, 4.69) is 182 Å². The van der Waals surface area contributed by atoms with Gasteiger partial charge in [0.05, 0.1) is 0 Å². The molecule has 0 N–H and O–H groups in total. The van der Waals surface area contributed by atoms with Gasteiger partial charge in [0.1, 0.15) is 0 Å². The standard InChI is InChI=1S/C46H30/c1-3-11-31(12-4-1)33-19-24-36(25-20-33)45-40-17-9-10-18-41(40)46(37-26-21-34(22-27-37)32-13-5-2-6-14-32)44-30-42-38(29-43(44)45)28-23-35-15-7-8-16-39(35)42/h1-30H. The lowest BCUT2D eigenvalue weighted by Gasteiger charge is -2.19. The highest BCUT2D eigenvalue weighted by Crippen LogP contribution is 2.46. The minimum Gasteiger partial charge on any atom is -0.0622 e. The molecule has 0 bridgehead atoms. The Balaban J connectivity index is 1.35. The summed E-state index contributed by atoms with van der Waals surface area (Å²) in [6.45, 7) is 0. The van der Waals surface area contributed by atoms with Crippen molar-refractivity contribution in [3.63, 3.8) is 0 Å². The van der Waals surface area contributed by atoms with Gasteiger partial charge in [0.25, 0.3) is 0 Å². The molecule has 0 amide bonds. The first kappa shape index (κ1) is 26.4. The normalized spacial score (nSPS) is 11.5. The van der Waals surface area contributed by atoms with Gasteiger partial charge in [-0.1, -0.05) is 170 Å². The van der Waals surface area contributed by atoms with Gasteiger partial charge >= 0.3 is 0 Å². The largest absolute Gasteiger partial charge is 0.0622 e. The summed E-state index contributed by atoms with van der Waals surface area (Å²) in [7, 11) is 0. The van der Waals surface area contributed by atoms with Gasteiger partial charge in [-0.3, -0.25) is 0 Å². The van der Waals surface area contributed by atoms with Crippen LogP contribution in [0.1, 0.15) is 0 Å². The van der Waals surface area contributed by atoms with E-state index in [4.69, 9.17) is 0 Å². The van der Waals surface area contributed by atoms with E-state index in [1.807, 2.05) is 0 Å². The topological polar surface area (TPSA) is 0 Å². The first-order chi connectivity index (χ1) is 22.8. The first-order valence-corrected chi connectivity index (χ1v) is 15.9. The molecule has 46 heavy (non-hydrogen) atoms. The van der Waals surface area contributed by atoms with E-state index >= 15 is 0 Å². The molecule has 0 radical (unpaired) electrons. The monoisotopic (exact) mass is 582 g/mol. The van der Waals surface area contributed by atoms with Crippen molar-refractivity contribution in [2.45, 2.75) is 0 Å². The second kappa shape index (κ2) is 10.9. The van der Waals surface area contributed by atoms with Crippen LogP contribution in [0.15, 0.2) is 182 Å². The summed E-state index contributed by atoms with van der Waals surface area (Å²) in [5, 5.41) is 10.2. The molecule has 0 heteroatoms. The second-order valence-electron chi connectivity index (χ2n) is 12.1. The molecule has 9 aromatic carbocycles. The maximum atomic E-state index is 2.45. The van der Waals surface area contributed by atoms with Gasteiger partial charge in [-0.05, 0) is 99.7 Å². The van der Waals surface area contributed by atoms with E-state index < -0.39 is 0 Å².